The van der Waals surface area contributed by atoms with Crippen LogP contribution in [0.2, 0.25) is 0 Å². The number of hydrogen-bond donors (Lipinski definition) is 2. The summed E-state index contributed by atoms with van der Waals surface area (Å²) in [4.78, 5) is 21.1. The summed E-state index contributed by atoms with van der Waals surface area (Å²) in [6.45, 7) is 0.631. The van der Waals surface area contributed by atoms with Gasteiger partial charge in [-0.05, 0) is 31.2 Å². The smallest absolute Gasteiger partial charge is 0.379 e. The molecule has 0 fully saturated rings. The topological polar surface area (TPSA) is 127 Å². The van der Waals surface area contributed by atoms with Crippen molar-refractivity contribution in [1.82, 2.24) is 0 Å². The van der Waals surface area contributed by atoms with Crippen LogP contribution in [0, 0.1) is 10.1 Å². The fraction of sp³-hybridized carbons (Fsp3) is 0.278. The summed E-state index contributed by atoms with van der Waals surface area (Å²) in [5, 5.41) is 22.7. The predicted octanol–water partition coefficient (Wildman–Crippen LogP) is 3.80. The number of aliphatic hydroxyl groups is 1. The zero-order chi connectivity index (χ0) is 25.4. The lowest BCUT2D eigenvalue weighted by Crippen LogP contribution is -2.46. The molecule has 15 heteroatoms. The molecule has 0 aliphatic rings. The molecule has 0 spiro atoms. The van der Waals surface area contributed by atoms with Gasteiger partial charge in [-0.3, -0.25) is 14.9 Å². The van der Waals surface area contributed by atoms with Crippen molar-refractivity contribution in [2.24, 2.45) is 0 Å². The highest BCUT2D eigenvalue weighted by atomic mass is 32.2. The van der Waals surface area contributed by atoms with Crippen molar-refractivity contribution in [3.8, 4) is 0 Å². The molecule has 180 valence electrons. The molecule has 0 heterocycles. The van der Waals surface area contributed by atoms with Crippen molar-refractivity contribution >= 4 is 27.1 Å². The third-order valence-corrected chi connectivity index (χ3v) is 6.16. The maximum absolute atomic E-state index is 13.2. The number of carbonyl (C=O) groups is 1. The third-order valence-electron chi connectivity index (χ3n) is 4.25. The number of benzene rings is 2. The third kappa shape index (κ3) is 6.19. The standard InChI is InChI=1S/C18H14F6N2O6S/c1-16(28,9-33(31,32)12-4-2-3-10(7-12)17(19,20)21)15(27)25-14-6-5-11(26(29)30)8-13(14)18(22,23)24/h2-8,28H,9H2,1H3,(H,25,27). The Balaban J connectivity index is 2.35. The van der Waals surface area contributed by atoms with E-state index >= 15 is 0 Å². The van der Waals surface area contributed by atoms with Crippen molar-refractivity contribution in [1.29, 1.82) is 0 Å². The van der Waals surface area contributed by atoms with Crippen LogP contribution in [-0.4, -0.2) is 35.7 Å². The average molecular weight is 500 g/mol. The number of carbonyl (C=O) groups excluding carboxylic acids is 1. The molecule has 1 amide bonds. The van der Waals surface area contributed by atoms with E-state index < -0.39 is 71.8 Å². The van der Waals surface area contributed by atoms with Gasteiger partial charge in [0.25, 0.3) is 11.6 Å². The molecule has 33 heavy (non-hydrogen) atoms. The lowest BCUT2D eigenvalue weighted by Gasteiger charge is -2.23. The van der Waals surface area contributed by atoms with Gasteiger partial charge in [0.15, 0.2) is 15.4 Å². The van der Waals surface area contributed by atoms with E-state index in [9.17, 15) is 54.8 Å². The van der Waals surface area contributed by atoms with Crippen molar-refractivity contribution in [3.05, 3.63) is 63.7 Å². The molecule has 0 saturated heterocycles. The van der Waals surface area contributed by atoms with Gasteiger partial charge in [-0.25, -0.2) is 8.42 Å². The van der Waals surface area contributed by atoms with E-state index in [1.807, 2.05) is 0 Å². The summed E-state index contributed by atoms with van der Waals surface area (Å²) in [7, 11) is -4.72. The number of anilines is 1. The number of sulfone groups is 1. The average Bonchev–Trinajstić information content (AvgIpc) is 2.66. The van der Waals surface area contributed by atoms with E-state index in [4.69, 9.17) is 0 Å². The van der Waals surface area contributed by atoms with Crippen LogP contribution in [0.25, 0.3) is 0 Å². The molecule has 8 nitrogen and oxygen atoms in total. The first-order valence-electron chi connectivity index (χ1n) is 8.64. The first-order valence-corrected chi connectivity index (χ1v) is 10.3. The minimum atomic E-state index is -5.16. The first kappa shape index (κ1) is 26.1. The predicted molar refractivity (Wildman–Crippen MR) is 101 cm³/mol. The maximum Gasteiger partial charge on any atom is 0.418 e. The molecule has 0 bridgehead atoms. The van der Waals surface area contributed by atoms with Crippen molar-refractivity contribution in [2.75, 3.05) is 11.1 Å². The summed E-state index contributed by atoms with van der Waals surface area (Å²) in [5.74, 6) is -3.11. The first-order chi connectivity index (χ1) is 14.8. The Labute approximate surface area is 181 Å². The van der Waals surface area contributed by atoms with Crippen LogP contribution in [0.3, 0.4) is 0 Å². The van der Waals surface area contributed by atoms with Gasteiger partial charge in [-0.15, -0.1) is 0 Å². The van der Waals surface area contributed by atoms with Gasteiger partial charge >= 0.3 is 12.4 Å². The van der Waals surface area contributed by atoms with E-state index in [0.29, 0.717) is 25.1 Å². The summed E-state index contributed by atoms with van der Waals surface area (Å²) >= 11 is 0. The number of halogens is 6. The number of rotatable bonds is 6. The van der Waals surface area contributed by atoms with Gasteiger partial charge in [0, 0.05) is 12.1 Å². The summed E-state index contributed by atoms with van der Waals surface area (Å²) in [6, 6.07) is 3.76. The van der Waals surface area contributed by atoms with E-state index in [0.717, 1.165) is 12.1 Å². The molecule has 0 saturated carbocycles. The van der Waals surface area contributed by atoms with E-state index in [-0.39, 0.29) is 12.1 Å². The second kappa shape index (κ2) is 8.62. The molecule has 0 aliphatic carbocycles. The summed E-state index contributed by atoms with van der Waals surface area (Å²) < 4.78 is 103. The molecule has 2 rings (SSSR count). The molecule has 0 aromatic heterocycles. The number of non-ortho nitro benzene ring substituents is 1. The van der Waals surface area contributed by atoms with Gasteiger partial charge in [0.05, 0.1) is 32.4 Å². The van der Waals surface area contributed by atoms with Crippen LogP contribution < -0.4 is 5.32 Å². The molecular formula is C18H14F6N2O6S. The van der Waals surface area contributed by atoms with Crippen molar-refractivity contribution < 1.29 is 49.6 Å². The molecule has 2 aromatic rings. The van der Waals surface area contributed by atoms with Gasteiger partial charge in [0.2, 0.25) is 0 Å². The van der Waals surface area contributed by atoms with Crippen LogP contribution in [0.1, 0.15) is 18.1 Å². The van der Waals surface area contributed by atoms with Gasteiger partial charge < -0.3 is 10.4 Å². The maximum atomic E-state index is 13.2. The molecule has 0 aliphatic heterocycles. The fourth-order valence-electron chi connectivity index (χ4n) is 2.63. The van der Waals surface area contributed by atoms with Crippen LogP contribution >= 0.6 is 0 Å². The number of nitrogens with zero attached hydrogens (tertiary/aromatic N) is 1. The van der Waals surface area contributed by atoms with Crippen LogP contribution in [0.5, 0.6) is 0 Å². The van der Waals surface area contributed by atoms with Gasteiger partial charge in [0.1, 0.15) is 0 Å². The Morgan fingerprint density at radius 1 is 1.06 bits per heavy atom. The largest absolute Gasteiger partial charge is 0.418 e. The molecule has 0 radical (unpaired) electrons. The highest BCUT2D eigenvalue weighted by Crippen LogP contribution is 2.37. The Bertz CT molecular complexity index is 1190. The van der Waals surface area contributed by atoms with E-state index in [2.05, 4.69) is 0 Å². The molecule has 2 aromatic carbocycles. The number of nitro groups is 1. The molecule has 1 unspecified atom stereocenters. The highest BCUT2D eigenvalue weighted by Gasteiger charge is 2.40. The summed E-state index contributed by atoms with van der Waals surface area (Å²) in [5.41, 5.74) is -7.79. The lowest BCUT2D eigenvalue weighted by molar-refractivity contribution is -0.385. The van der Waals surface area contributed by atoms with Crippen molar-refractivity contribution in [2.45, 2.75) is 29.8 Å². The Kier molecular flexibility index (Phi) is 6.81. The Hall–Kier alpha value is -3.20. The number of amides is 1. The van der Waals surface area contributed by atoms with Crippen LogP contribution in [0.15, 0.2) is 47.4 Å². The minimum absolute atomic E-state index is 0.129. The van der Waals surface area contributed by atoms with Crippen LogP contribution in [0.4, 0.5) is 37.7 Å². The number of hydrogen-bond acceptors (Lipinski definition) is 6. The molecule has 2 N–H and O–H groups in total. The normalized spacial score (nSPS) is 14.4. The highest BCUT2D eigenvalue weighted by molar-refractivity contribution is 7.91. The molecular weight excluding hydrogens is 486 g/mol. The quantitative estimate of drug-likeness (QED) is 0.353. The Morgan fingerprint density at radius 2 is 1.67 bits per heavy atom. The van der Waals surface area contributed by atoms with Gasteiger partial charge in [-0.1, -0.05) is 6.07 Å². The molecule has 1 atom stereocenters. The van der Waals surface area contributed by atoms with E-state index in [1.54, 1.807) is 5.32 Å². The number of nitro benzene ring substituents is 1. The summed E-state index contributed by atoms with van der Waals surface area (Å²) in [6.07, 6.45) is -10.0. The Morgan fingerprint density at radius 3 is 2.18 bits per heavy atom. The zero-order valence-corrected chi connectivity index (χ0v) is 17.2. The number of nitrogens with one attached hydrogen (secondary N) is 1. The second-order valence-corrected chi connectivity index (χ2v) is 8.99. The van der Waals surface area contributed by atoms with E-state index in [1.165, 1.54) is 0 Å². The lowest BCUT2D eigenvalue weighted by atomic mass is 10.1. The van der Waals surface area contributed by atoms with Crippen molar-refractivity contribution in [3.63, 3.8) is 0 Å². The van der Waals surface area contributed by atoms with Gasteiger partial charge in [-0.2, -0.15) is 26.3 Å². The second-order valence-electron chi connectivity index (χ2n) is 7.00. The minimum Gasteiger partial charge on any atom is -0.379 e. The zero-order valence-electron chi connectivity index (χ0n) is 16.4. The monoisotopic (exact) mass is 500 g/mol. The number of alkyl halides is 6. The van der Waals surface area contributed by atoms with Crippen LogP contribution in [-0.2, 0) is 27.0 Å². The fourth-order valence-corrected chi connectivity index (χ4v) is 4.26. The SMILES string of the molecule is CC(O)(CS(=O)(=O)c1cccc(C(F)(F)F)c1)C(=O)Nc1ccc([N+](=O)[O-])cc1C(F)(F)F.